The van der Waals surface area contributed by atoms with E-state index in [2.05, 4.69) is 10.6 Å². The summed E-state index contributed by atoms with van der Waals surface area (Å²) < 4.78 is 0. The van der Waals surface area contributed by atoms with Gasteiger partial charge in [-0.3, -0.25) is 4.79 Å². The number of allylic oxidation sites excluding steroid dienone is 1. The molecule has 0 spiro atoms. The van der Waals surface area contributed by atoms with E-state index in [0.717, 1.165) is 5.56 Å². The van der Waals surface area contributed by atoms with E-state index in [4.69, 9.17) is 0 Å². The number of carbonyl (C=O) groups excluding carboxylic acids is 2. The van der Waals surface area contributed by atoms with Crippen molar-refractivity contribution < 1.29 is 9.59 Å². The number of benzene rings is 1. The van der Waals surface area contributed by atoms with Gasteiger partial charge in [0.25, 0.3) is 0 Å². The van der Waals surface area contributed by atoms with Gasteiger partial charge in [0.2, 0.25) is 0 Å². The summed E-state index contributed by atoms with van der Waals surface area (Å²) in [5, 5.41) is 5.38. The minimum absolute atomic E-state index is 0.0381. The van der Waals surface area contributed by atoms with Crippen molar-refractivity contribution in [1.29, 1.82) is 0 Å². The van der Waals surface area contributed by atoms with Gasteiger partial charge >= 0.3 is 6.03 Å². The summed E-state index contributed by atoms with van der Waals surface area (Å²) in [6.45, 7) is 3.25. The van der Waals surface area contributed by atoms with Gasteiger partial charge in [-0.2, -0.15) is 0 Å². The molecular weight excluding hydrogens is 216 g/mol. The zero-order valence-corrected chi connectivity index (χ0v) is 9.78. The molecule has 1 heterocycles. The molecule has 0 unspecified atom stereocenters. The monoisotopic (exact) mass is 230 g/mol. The van der Waals surface area contributed by atoms with Crippen molar-refractivity contribution in [3.05, 3.63) is 47.2 Å². The molecule has 2 N–H and O–H groups in total. The molecule has 0 fully saturated rings. The van der Waals surface area contributed by atoms with E-state index in [-0.39, 0.29) is 17.9 Å². The van der Waals surface area contributed by atoms with Crippen LogP contribution in [0.2, 0.25) is 0 Å². The Labute approximate surface area is 99.7 Å². The van der Waals surface area contributed by atoms with Gasteiger partial charge in [-0.15, -0.1) is 0 Å². The molecule has 0 saturated carbocycles. The van der Waals surface area contributed by atoms with Crippen LogP contribution in [0.25, 0.3) is 0 Å². The second-order valence-electron chi connectivity index (χ2n) is 4.04. The molecule has 0 aliphatic carbocycles. The van der Waals surface area contributed by atoms with Crippen LogP contribution in [0.3, 0.4) is 0 Å². The highest BCUT2D eigenvalue weighted by Crippen LogP contribution is 2.26. The van der Waals surface area contributed by atoms with Crippen molar-refractivity contribution in [2.45, 2.75) is 19.9 Å². The number of nitrogens with one attached hydrogen (secondary N) is 2. The van der Waals surface area contributed by atoms with Gasteiger partial charge in [0.05, 0.1) is 6.04 Å². The molecule has 2 amide bonds. The maximum Gasteiger partial charge on any atom is 0.319 e. The number of ketones is 1. The van der Waals surface area contributed by atoms with Gasteiger partial charge in [-0.05, 0) is 19.4 Å². The Kier molecular flexibility index (Phi) is 2.95. The topological polar surface area (TPSA) is 58.2 Å². The minimum Gasteiger partial charge on any atom is -0.327 e. The van der Waals surface area contributed by atoms with Crippen LogP contribution in [0.1, 0.15) is 25.5 Å². The molecule has 1 aliphatic rings. The van der Waals surface area contributed by atoms with Crippen molar-refractivity contribution in [3.63, 3.8) is 0 Å². The number of hydrogen-bond acceptors (Lipinski definition) is 2. The normalized spacial score (nSPS) is 19.6. The average Bonchev–Trinajstić information content (AvgIpc) is 2.28. The lowest BCUT2D eigenvalue weighted by Gasteiger charge is -2.27. The fourth-order valence-electron chi connectivity index (χ4n) is 2.06. The summed E-state index contributed by atoms with van der Waals surface area (Å²) in [7, 11) is 0. The van der Waals surface area contributed by atoms with E-state index in [9.17, 15) is 9.59 Å². The predicted molar refractivity (Wildman–Crippen MR) is 64.2 cm³/mol. The van der Waals surface area contributed by atoms with Crippen LogP contribution in [0.15, 0.2) is 41.6 Å². The van der Waals surface area contributed by atoms with E-state index < -0.39 is 0 Å². The van der Waals surface area contributed by atoms with Crippen LogP contribution in [0, 0.1) is 0 Å². The summed E-state index contributed by atoms with van der Waals surface area (Å²) in [6.07, 6.45) is 0. The molecule has 4 nitrogen and oxygen atoms in total. The lowest BCUT2D eigenvalue weighted by atomic mass is 9.93. The molecule has 0 bridgehead atoms. The van der Waals surface area contributed by atoms with Crippen molar-refractivity contribution in [2.75, 3.05) is 0 Å². The largest absolute Gasteiger partial charge is 0.327 e. The number of carbonyl (C=O) groups is 2. The number of Topliss-reactive ketones (excluding diaryl/α,β-unsaturated/α-hetero) is 1. The first-order chi connectivity index (χ1) is 8.09. The van der Waals surface area contributed by atoms with Crippen LogP contribution < -0.4 is 10.6 Å². The maximum absolute atomic E-state index is 11.7. The fourth-order valence-corrected chi connectivity index (χ4v) is 2.06. The van der Waals surface area contributed by atoms with Gasteiger partial charge in [0, 0.05) is 11.3 Å². The molecule has 1 aromatic rings. The Morgan fingerprint density at radius 2 is 1.88 bits per heavy atom. The highest BCUT2D eigenvalue weighted by Gasteiger charge is 2.28. The van der Waals surface area contributed by atoms with Crippen LogP contribution in [0.4, 0.5) is 4.79 Å². The van der Waals surface area contributed by atoms with Crippen LogP contribution in [-0.2, 0) is 4.79 Å². The molecule has 1 aromatic carbocycles. The standard InChI is InChI=1S/C13H14N2O2/c1-8-11(9(2)16)12(15-13(17)14-8)10-6-4-3-5-7-10/h3-7,12H,1-2H3,(H2,14,15,17)/t12-/m1/s1. The number of rotatable bonds is 2. The predicted octanol–water partition coefficient (Wildman–Crippen LogP) is 1.90. The molecule has 0 aromatic heterocycles. The van der Waals surface area contributed by atoms with Crippen molar-refractivity contribution in [3.8, 4) is 0 Å². The molecule has 2 rings (SSSR count). The summed E-state index contributed by atoms with van der Waals surface area (Å²) in [4.78, 5) is 23.1. The number of urea groups is 1. The van der Waals surface area contributed by atoms with E-state index in [1.54, 1.807) is 6.92 Å². The Hall–Kier alpha value is -2.10. The Bertz CT molecular complexity index is 491. The fraction of sp³-hybridized carbons (Fsp3) is 0.231. The van der Waals surface area contributed by atoms with Crippen molar-refractivity contribution in [1.82, 2.24) is 10.6 Å². The van der Waals surface area contributed by atoms with E-state index in [1.165, 1.54) is 6.92 Å². The second-order valence-corrected chi connectivity index (χ2v) is 4.04. The van der Waals surface area contributed by atoms with Crippen molar-refractivity contribution in [2.24, 2.45) is 0 Å². The third-order valence-electron chi connectivity index (χ3n) is 2.78. The third-order valence-corrected chi connectivity index (χ3v) is 2.78. The highest BCUT2D eigenvalue weighted by atomic mass is 16.2. The molecule has 0 saturated heterocycles. The molecule has 17 heavy (non-hydrogen) atoms. The first kappa shape index (κ1) is 11.4. The first-order valence-electron chi connectivity index (χ1n) is 5.43. The number of hydrogen-bond donors (Lipinski definition) is 2. The molecule has 4 heteroatoms. The van der Waals surface area contributed by atoms with Crippen LogP contribution in [0.5, 0.6) is 0 Å². The Balaban J connectivity index is 2.47. The van der Waals surface area contributed by atoms with Gasteiger partial charge in [0.15, 0.2) is 5.78 Å². The minimum atomic E-state index is -0.359. The van der Waals surface area contributed by atoms with Gasteiger partial charge in [0.1, 0.15) is 0 Å². The Morgan fingerprint density at radius 3 is 2.47 bits per heavy atom. The molecule has 1 aliphatic heterocycles. The molecule has 1 atom stereocenters. The zero-order valence-electron chi connectivity index (χ0n) is 9.78. The van der Waals surface area contributed by atoms with Crippen LogP contribution in [-0.4, -0.2) is 11.8 Å². The van der Waals surface area contributed by atoms with Gasteiger partial charge < -0.3 is 10.6 Å². The van der Waals surface area contributed by atoms with Crippen LogP contribution >= 0.6 is 0 Å². The van der Waals surface area contributed by atoms with E-state index >= 15 is 0 Å². The summed E-state index contributed by atoms with van der Waals surface area (Å²) in [5.41, 5.74) is 2.14. The van der Waals surface area contributed by atoms with E-state index in [1.807, 2.05) is 30.3 Å². The van der Waals surface area contributed by atoms with Gasteiger partial charge in [-0.25, -0.2) is 4.79 Å². The van der Waals surface area contributed by atoms with Crippen molar-refractivity contribution >= 4 is 11.8 Å². The smallest absolute Gasteiger partial charge is 0.319 e. The third kappa shape index (κ3) is 2.20. The lowest BCUT2D eigenvalue weighted by Crippen LogP contribution is -2.44. The lowest BCUT2D eigenvalue weighted by molar-refractivity contribution is -0.114. The Morgan fingerprint density at radius 1 is 1.24 bits per heavy atom. The summed E-state index contributed by atoms with van der Waals surface area (Å²) in [5.74, 6) is -0.0381. The summed E-state index contributed by atoms with van der Waals surface area (Å²) in [6, 6.07) is 8.83. The molecule has 0 radical (unpaired) electrons. The zero-order chi connectivity index (χ0) is 12.4. The second kappa shape index (κ2) is 4.41. The highest BCUT2D eigenvalue weighted by molar-refractivity contribution is 5.98. The summed E-state index contributed by atoms with van der Waals surface area (Å²) >= 11 is 0. The first-order valence-corrected chi connectivity index (χ1v) is 5.43. The quantitative estimate of drug-likeness (QED) is 0.815. The number of amides is 2. The molecule has 88 valence electrons. The SMILES string of the molecule is CC(=O)C1=C(C)NC(=O)N[C@@H]1c1ccccc1. The average molecular weight is 230 g/mol. The van der Waals surface area contributed by atoms with Gasteiger partial charge in [-0.1, -0.05) is 30.3 Å². The van der Waals surface area contributed by atoms with E-state index in [0.29, 0.717) is 11.3 Å². The maximum atomic E-state index is 11.7. The molecular formula is C13H14N2O2.